The smallest absolute Gasteiger partial charge is 0.336 e. The third kappa shape index (κ3) is 3.38. The number of fused-ring (bicyclic) bond motifs is 2. The van der Waals surface area contributed by atoms with Gasteiger partial charge < -0.3 is 9.84 Å². The van der Waals surface area contributed by atoms with Gasteiger partial charge in [-0.2, -0.15) is 0 Å². The van der Waals surface area contributed by atoms with Crippen molar-refractivity contribution in [3.8, 4) is 5.75 Å². The summed E-state index contributed by atoms with van der Waals surface area (Å²) in [4.78, 5) is 27.5. The lowest BCUT2D eigenvalue weighted by Gasteiger charge is -2.34. The number of hydrogen-bond acceptors (Lipinski definition) is 3. The first-order valence-electron chi connectivity index (χ1n) is 11.3. The number of carboxylic acid groups (broad SMARTS) is 1. The minimum absolute atomic E-state index is 0.151. The van der Waals surface area contributed by atoms with Crippen LogP contribution in [0.4, 0.5) is 11.4 Å². The first-order valence-corrected chi connectivity index (χ1v) is 11.7. The fourth-order valence-corrected chi connectivity index (χ4v) is 5.21. The zero-order chi connectivity index (χ0) is 24.4. The largest absolute Gasteiger partial charge is 0.488 e. The van der Waals surface area contributed by atoms with Crippen LogP contribution in [0, 0.1) is 6.92 Å². The van der Waals surface area contributed by atoms with Crippen LogP contribution >= 0.6 is 11.6 Å². The summed E-state index contributed by atoms with van der Waals surface area (Å²) in [7, 11) is 0. The molecule has 0 spiro atoms. The molecule has 2 heterocycles. The maximum absolute atomic E-state index is 14.1. The molecule has 2 aliphatic rings. The van der Waals surface area contributed by atoms with E-state index in [0.29, 0.717) is 22.0 Å². The van der Waals surface area contributed by atoms with E-state index >= 15 is 0 Å². The fraction of sp³-hybridized carbons (Fsp3) is 0.286. The van der Waals surface area contributed by atoms with Crippen LogP contribution in [0.1, 0.15) is 59.8 Å². The van der Waals surface area contributed by atoms with E-state index in [-0.39, 0.29) is 17.1 Å². The molecule has 0 fully saturated rings. The van der Waals surface area contributed by atoms with Crippen molar-refractivity contribution in [2.75, 3.05) is 4.90 Å². The van der Waals surface area contributed by atoms with Gasteiger partial charge in [0.1, 0.15) is 11.4 Å². The molecule has 0 aliphatic carbocycles. The van der Waals surface area contributed by atoms with Crippen LogP contribution in [-0.4, -0.2) is 22.6 Å². The van der Waals surface area contributed by atoms with Crippen molar-refractivity contribution in [3.05, 3.63) is 87.4 Å². The minimum Gasteiger partial charge on any atom is -0.488 e. The van der Waals surface area contributed by atoms with Gasteiger partial charge in [0.15, 0.2) is 0 Å². The predicted octanol–water partition coefficient (Wildman–Crippen LogP) is 6.43. The standard InChI is InChI=1S/C28H26ClNO4/c1-16-5-8-20(15-21(16)25(31)32)30-23-9-7-19(29)14-22(23)28(4,26(30)33)18-6-10-24-17(13-18)11-12-27(2,3)34-24/h5-10,13-15H,11-12H2,1-4H3,(H,31,32)/t28-/m0/s1. The first-order chi connectivity index (χ1) is 16.0. The first kappa shape index (κ1) is 22.5. The molecule has 0 bridgehead atoms. The number of amides is 1. The number of anilines is 2. The zero-order valence-corrected chi connectivity index (χ0v) is 20.4. The molecule has 34 heavy (non-hydrogen) atoms. The third-order valence-corrected chi connectivity index (χ3v) is 7.33. The van der Waals surface area contributed by atoms with Crippen molar-refractivity contribution in [2.24, 2.45) is 0 Å². The Labute approximate surface area is 203 Å². The molecule has 0 aromatic heterocycles. The van der Waals surface area contributed by atoms with E-state index in [1.165, 1.54) is 0 Å². The summed E-state index contributed by atoms with van der Waals surface area (Å²) in [5.41, 5.74) is 3.55. The maximum atomic E-state index is 14.1. The van der Waals surface area contributed by atoms with Crippen LogP contribution in [0.25, 0.3) is 0 Å². The molecule has 0 saturated heterocycles. The van der Waals surface area contributed by atoms with Gasteiger partial charge in [-0.15, -0.1) is 0 Å². The number of aryl methyl sites for hydroxylation is 2. The van der Waals surface area contributed by atoms with E-state index in [1.54, 1.807) is 36.1 Å². The van der Waals surface area contributed by atoms with Crippen molar-refractivity contribution in [1.29, 1.82) is 0 Å². The Morgan fingerprint density at radius 1 is 1.06 bits per heavy atom. The van der Waals surface area contributed by atoms with Crippen molar-refractivity contribution >= 4 is 34.9 Å². The number of carbonyl (C=O) groups is 2. The van der Waals surface area contributed by atoms with Crippen LogP contribution in [0.3, 0.4) is 0 Å². The molecule has 1 N–H and O–H groups in total. The second-order valence-corrected chi connectivity index (χ2v) is 10.4. The summed E-state index contributed by atoms with van der Waals surface area (Å²) in [6.07, 6.45) is 1.76. The second kappa shape index (κ2) is 7.60. The van der Waals surface area contributed by atoms with Gasteiger partial charge in [-0.3, -0.25) is 9.69 Å². The lowest BCUT2D eigenvalue weighted by atomic mass is 9.76. The maximum Gasteiger partial charge on any atom is 0.336 e. The topological polar surface area (TPSA) is 66.8 Å². The number of carboxylic acids is 1. The third-order valence-electron chi connectivity index (χ3n) is 7.10. The molecule has 1 amide bonds. The highest BCUT2D eigenvalue weighted by atomic mass is 35.5. The summed E-state index contributed by atoms with van der Waals surface area (Å²) in [6, 6.07) is 16.4. The lowest BCUT2D eigenvalue weighted by Crippen LogP contribution is -2.37. The quantitative estimate of drug-likeness (QED) is 0.473. The van der Waals surface area contributed by atoms with Crippen LogP contribution in [0.2, 0.25) is 5.02 Å². The molecule has 2 aliphatic heterocycles. The van der Waals surface area contributed by atoms with Gasteiger partial charge in [0.05, 0.1) is 16.7 Å². The van der Waals surface area contributed by atoms with Gasteiger partial charge in [0, 0.05) is 10.7 Å². The molecule has 0 radical (unpaired) electrons. The van der Waals surface area contributed by atoms with Crippen molar-refractivity contribution in [2.45, 2.75) is 51.6 Å². The van der Waals surface area contributed by atoms with E-state index in [9.17, 15) is 14.7 Å². The number of halogens is 1. The van der Waals surface area contributed by atoms with E-state index < -0.39 is 11.4 Å². The molecule has 174 valence electrons. The number of nitrogens with zero attached hydrogens (tertiary/aromatic N) is 1. The van der Waals surface area contributed by atoms with E-state index in [0.717, 1.165) is 35.3 Å². The molecule has 5 rings (SSSR count). The molecular weight excluding hydrogens is 450 g/mol. The van der Waals surface area contributed by atoms with Crippen LogP contribution in [0.15, 0.2) is 54.6 Å². The number of hydrogen-bond donors (Lipinski definition) is 1. The Hall–Kier alpha value is -3.31. The molecule has 3 aromatic carbocycles. The fourth-order valence-electron chi connectivity index (χ4n) is 5.04. The van der Waals surface area contributed by atoms with Gasteiger partial charge in [0.2, 0.25) is 5.91 Å². The SMILES string of the molecule is Cc1ccc(N2C(=O)[C@@](C)(c3ccc4c(c3)CCC(C)(C)O4)c3cc(Cl)ccc32)cc1C(=O)O. The Morgan fingerprint density at radius 3 is 2.56 bits per heavy atom. The van der Waals surface area contributed by atoms with E-state index in [4.69, 9.17) is 16.3 Å². The van der Waals surface area contributed by atoms with E-state index in [1.807, 2.05) is 31.2 Å². The van der Waals surface area contributed by atoms with Crippen LogP contribution in [0.5, 0.6) is 5.75 Å². The highest BCUT2D eigenvalue weighted by Crippen LogP contribution is 2.50. The van der Waals surface area contributed by atoms with Crippen molar-refractivity contribution in [3.63, 3.8) is 0 Å². The van der Waals surface area contributed by atoms with Gasteiger partial charge in [-0.25, -0.2) is 4.79 Å². The lowest BCUT2D eigenvalue weighted by molar-refractivity contribution is -0.120. The molecule has 6 heteroatoms. The number of ether oxygens (including phenoxy) is 1. The summed E-state index contributed by atoms with van der Waals surface area (Å²) in [5.74, 6) is -0.327. The Morgan fingerprint density at radius 2 is 1.82 bits per heavy atom. The van der Waals surface area contributed by atoms with Gasteiger partial charge >= 0.3 is 5.97 Å². The van der Waals surface area contributed by atoms with Gasteiger partial charge in [-0.1, -0.05) is 29.8 Å². The average molecular weight is 476 g/mol. The highest BCUT2D eigenvalue weighted by Gasteiger charge is 2.49. The monoisotopic (exact) mass is 475 g/mol. The summed E-state index contributed by atoms with van der Waals surface area (Å²) < 4.78 is 6.15. The summed E-state index contributed by atoms with van der Waals surface area (Å²) >= 11 is 6.39. The Bertz CT molecular complexity index is 1360. The molecule has 5 nitrogen and oxygen atoms in total. The molecule has 3 aromatic rings. The molecule has 0 saturated carbocycles. The van der Waals surface area contributed by atoms with Gasteiger partial charge in [0.25, 0.3) is 0 Å². The Kier molecular flexibility index (Phi) is 5.03. The number of benzene rings is 3. The normalized spacial score (nSPS) is 20.5. The van der Waals surface area contributed by atoms with Crippen molar-refractivity contribution < 1.29 is 19.4 Å². The number of rotatable bonds is 3. The summed E-state index contributed by atoms with van der Waals surface area (Å²) in [5, 5.41) is 10.2. The summed E-state index contributed by atoms with van der Waals surface area (Å²) in [6.45, 7) is 7.81. The second-order valence-electron chi connectivity index (χ2n) is 9.92. The number of aromatic carboxylic acids is 1. The zero-order valence-electron chi connectivity index (χ0n) is 19.6. The minimum atomic E-state index is -1.03. The number of carbonyl (C=O) groups excluding carboxylic acids is 1. The van der Waals surface area contributed by atoms with Crippen LogP contribution < -0.4 is 9.64 Å². The van der Waals surface area contributed by atoms with Crippen molar-refractivity contribution in [1.82, 2.24) is 0 Å². The highest BCUT2D eigenvalue weighted by molar-refractivity contribution is 6.31. The van der Waals surface area contributed by atoms with Crippen LogP contribution in [-0.2, 0) is 16.6 Å². The predicted molar refractivity (Wildman–Crippen MR) is 133 cm³/mol. The van der Waals surface area contributed by atoms with E-state index in [2.05, 4.69) is 19.9 Å². The molecule has 1 atom stereocenters. The average Bonchev–Trinajstić information content (AvgIpc) is 3.00. The Balaban J connectivity index is 1.67. The van der Waals surface area contributed by atoms with Gasteiger partial charge in [-0.05, 0) is 99.2 Å². The molecular formula is C28H26ClNO4. The molecule has 0 unspecified atom stereocenters.